The zero-order valence-electron chi connectivity index (χ0n) is 7.46. The molecule has 0 spiro atoms. The Hall–Kier alpha value is -1.88. The molecule has 0 fully saturated rings. The van der Waals surface area contributed by atoms with Crippen LogP contribution in [0.4, 0.5) is 0 Å². The van der Waals surface area contributed by atoms with Crippen molar-refractivity contribution in [2.24, 2.45) is 0 Å². The SMILES string of the molecule is O=C(O)c1cc(-n2cnnc2)ccc1Cl. The van der Waals surface area contributed by atoms with Crippen LogP contribution >= 0.6 is 11.6 Å². The van der Waals surface area contributed by atoms with Crippen LogP contribution in [0, 0.1) is 0 Å². The van der Waals surface area contributed by atoms with E-state index in [-0.39, 0.29) is 10.6 Å². The highest BCUT2D eigenvalue weighted by molar-refractivity contribution is 6.33. The van der Waals surface area contributed by atoms with E-state index in [0.717, 1.165) is 0 Å². The van der Waals surface area contributed by atoms with Crippen LogP contribution in [0.25, 0.3) is 5.69 Å². The molecule has 1 aromatic heterocycles. The molecule has 6 heteroatoms. The molecule has 1 aromatic carbocycles. The minimum Gasteiger partial charge on any atom is -0.478 e. The van der Waals surface area contributed by atoms with Crippen LogP contribution < -0.4 is 0 Å². The molecule has 0 bridgehead atoms. The van der Waals surface area contributed by atoms with E-state index >= 15 is 0 Å². The summed E-state index contributed by atoms with van der Waals surface area (Å²) in [5.41, 5.74) is 0.713. The fraction of sp³-hybridized carbons (Fsp3) is 0. The Bertz CT molecular complexity index is 496. The quantitative estimate of drug-likeness (QED) is 0.840. The molecule has 15 heavy (non-hydrogen) atoms. The number of carboxylic acids is 1. The highest BCUT2D eigenvalue weighted by atomic mass is 35.5. The van der Waals surface area contributed by atoms with Gasteiger partial charge in [-0.25, -0.2) is 4.79 Å². The molecule has 0 atom stereocenters. The minimum atomic E-state index is -1.06. The second kappa shape index (κ2) is 3.70. The summed E-state index contributed by atoms with van der Waals surface area (Å²) >= 11 is 5.73. The maximum Gasteiger partial charge on any atom is 0.337 e. The number of rotatable bonds is 2. The molecule has 0 aliphatic heterocycles. The largest absolute Gasteiger partial charge is 0.478 e. The van der Waals surface area contributed by atoms with Crippen LogP contribution in [0.15, 0.2) is 30.9 Å². The summed E-state index contributed by atoms with van der Waals surface area (Å²) in [4.78, 5) is 10.8. The van der Waals surface area contributed by atoms with Crippen molar-refractivity contribution in [3.63, 3.8) is 0 Å². The lowest BCUT2D eigenvalue weighted by atomic mass is 10.2. The highest BCUT2D eigenvalue weighted by Crippen LogP contribution is 2.19. The van der Waals surface area contributed by atoms with Crippen molar-refractivity contribution in [1.82, 2.24) is 14.8 Å². The summed E-state index contributed by atoms with van der Waals surface area (Å²) in [6, 6.07) is 4.69. The number of halogens is 1. The van der Waals surface area contributed by atoms with Crippen LogP contribution in [0.2, 0.25) is 5.02 Å². The smallest absolute Gasteiger partial charge is 0.337 e. The van der Waals surface area contributed by atoms with Gasteiger partial charge < -0.3 is 5.11 Å². The third kappa shape index (κ3) is 1.82. The molecule has 5 nitrogen and oxygen atoms in total. The van der Waals surface area contributed by atoms with Crippen molar-refractivity contribution >= 4 is 17.6 Å². The monoisotopic (exact) mass is 223 g/mol. The van der Waals surface area contributed by atoms with Crippen molar-refractivity contribution in [3.05, 3.63) is 41.4 Å². The normalized spacial score (nSPS) is 10.2. The molecule has 2 aromatic rings. The lowest BCUT2D eigenvalue weighted by molar-refractivity contribution is 0.0697. The van der Waals surface area contributed by atoms with Crippen molar-refractivity contribution in [3.8, 4) is 5.69 Å². The molecule has 0 unspecified atom stereocenters. The van der Waals surface area contributed by atoms with Gasteiger partial charge in [0.25, 0.3) is 0 Å². The van der Waals surface area contributed by atoms with E-state index in [9.17, 15) is 4.79 Å². The Morgan fingerprint density at radius 2 is 2.00 bits per heavy atom. The molecule has 0 amide bonds. The Labute approximate surface area is 89.9 Å². The van der Waals surface area contributed by atoms with Crippen LogP contribution in [-0.4, -0.2) is 25.8 Å². The molecule has 0 aliphatic rings. The van der Waals surface area contributed by atoms with Crippen LogP contribution in [0.5, 0.6) is 0 Å². The number of aromatic nitrogens is 3. The van der Waals surface area contributed by atoms with Crippen molar-refractivity contribution in [2.45, 2.75) is 0 Å². The van der Waals surface area contributed by atoms with Crippen molar-refractivity contribution in [2.75, 3.05) is 0 Å². The Morgan fingerprint density at radius 1 is 1.33 bits per heavy atom. The van der Waals surface area contributed by atoms with Gasteiger partial charge in [0.15, 0.2) is 0 Å². The first-order chi connectivity index (χ1) is 7.18. The summed E-state index contributed by atoms with van der Waals surface area (Å²) in [5.74, 6) is -1.06. The molecule has 76 valence electrons. The number of carboxylic acid groups (broad SMARTS) is 1. The maximum atomic E-state index is 10.8. The summed E-state index contributed by atoms with van der Waals surface area (Å²) in [5, 5.41) is 16.3. The van der Waals surface area contributed by atoms with E-state index in [1.54, 1.807) is 10.6 Å². The standard InChI is InChI=1S/C9H6ClN3O2/c10-8-2-1-6(3-7(8)9(14)15)13-4-11-12-5-13/h1-5H,(H,14,15). The van der Waals surface area contributed by atoms with Gasteiger partial charge in [-0.15, -0.1) is 10.2 Å². The average Bonchev–Trinajstić information content (AvgIpc) is 2.71. The van der Waals surface area contributed by atoms with Gasteiger partial charge in [0.05, 0.1) is 10.6 Å². The predicted octanol–water partition coefficient (Wildman–Crippen LogP) is 1.62. The Morgan fingerprint density at radius 3 is 2.60 bits per heavy atom. The molecule has 0 radical (unpaired) electrons. The van der Waals surface area contributed by atoms with E-state index in [2.05, 4.69) is 10.2 Å². The zero-order valence-corrected chi connectivity index (χ0v) is 8.22. The Kier molecular flexibility index (Phi) is 2.39. The van der Waals surface area contributed by atoms with Gasteiger partial charge in [-0.05, 0) is 18.2 Å². The molecule has 0 saturated carbocycles. The van der Waals surface area contributed by atoms with Crippen LogP contribution in [-0.2, 0) is 0 Å². The molecular weight excluding hydrogens is 218 g/mol. The number of hydrogen-bond donors (Lipinski definition) is 1. The van der Waals surface area contributed by atoms with E-state index in [0.29, 0.717) is 5.69 Å². The molecule has 2 rings (SSSR count). The predicted molar refractivity (Wildman–Crippen MR) is 53.3 cm³/mol. The van der Waals surface area contributed by atoms with E-state index in [4.69, 9.17) is 16.7 Å². The fourth-order valence-corrected chi connectivity index (χ4v) is 1.37. The van der Waals surface area contributed by atoms with Crippen LogP contribution in [0.1, 0.15) is 10.4 Å². The van der Waals surface area contributed by atoms with Crippen molar-refractivity contribution in [1.29, 1.82) is 0 Å². The summed E-state index contributed by atoms with van der Waals surface area (Å²) < 4.78 is 1.60. The van der Waals surface area contributed by atoms with E-state index in [1.807, 2.05) is 0 Å². The summed E-state index contributed by atoms with van der Waals surface area (Å²) in [6.45, 7) is 0. The van der Waals surface area contributed by atoms with Crippen LogP contribution in [0.3, 0.4) is 0 Å². The number of hydrogen-bond acceptors (Lipinski definition) is 3. The highest BCUT2D eigenvalue weighted by Gasteiger charge is 2.09. The molecular formula is C9H6ClN3O2. The molecule has 0 saturated heterocycles. The van der Waals surface area contributed by atoms with E-state index in [1.165, 1.54) is 24.8 Å². The maximum absolute atomic E-state index is 10.8. The number of aromatic carboxylic acids is 1. The number of benzene rings is 1. The molecule has 0 aliphatic carbocycles. The molecule has 1 heterocycles. The van der Waals surface area contributed by atoms with Gasteiger partial charge in [0, 0.05) is 5.69 Å². The average molecular weight is 224 g/mol. The second-order valence-electron chi connectivity index (χ2n) is 2.84. The van der Waals surface area contributed by atoms with Gasteiger partial charge >= 0.3 is 5.97 Å². The van der Waals surface area contributed by atoms with Gasteiger partial charge in [-0.3, -0.25) is 4.57 Å². The van der Waals surface area contributed by atoms with Gasteiger partial charge in [-0.2, -0.15) is 0 Å². The lowest BCUT2D eigenvalue weighted by Gasteiger charge is -2.03. The van der Waals surface area contributed by atoms with Gasteiger partial charge in [-0.1, -0.05) is 11.6 Å². The topological polar surface area (TPSA) is 68.0 Å². The fourth-order valence-electron chi connectivity index (χ4n) is 1.17. The van der Waals surface area contributed by atoms with Gasteiger partial charge in [0.1, 0.15) is 12.7 Å². The van der Waals surface area contributed by atoms with E-state index < -0.39 is 5.97 Å². The zero-order chi connectivity index (χ0) is 10.8. The van der Waals surface area contributed by atoms with Gasteiger partial charge in [0.2, 0.25) is 0 Å². The second-order valence-corrected chi connectivity index (χ2v) is 3.25. The molecule has 1 N–H and O–H groups in total. The first-order valence-corrected chi connectivity index (χ1v) is 4.44. The first-order valence-electron chi connectivity index (χ1n) is 4.06. The first kappa shape index (κ1) is 9.67. The number of nitrogens with zero attached hydrogens (tertiary/aromatic N) is 3. The minimum absolute atomic E-state index is 0.0582. The third-order valence-corrected chi connectivity index (χ3v) is 2.23. The summed E-state index contributed by atoms with van der Waals surface area (Å²) in [6.07, 6.45) is 2.96. The number of carbonyl (C=O) groups is 1. The van der Waals surface area contributed by atoms with Crippen molar-refractivity contribution < 1.29 is 9.90 Å². The third-order valence-electron chi connectivity index (χ3n) is 1.90. The summed E-state index contributed by atoms with van der Waals surface area (Å²) in [7, 11) is 0. The Balaban J connectivity index is 2.52. The lowest BCUT2D eigenvalue weighted by Crippen LogP contribution is -2.00.